The molecule has 1 heterocycles. The second-order valence-corrected chi connectivity index (χ2v) is 6.26. The first kappa shape index (κ1) is 17.7. The van der Waals surface area contributed by atoms with E-state index in [1.807, 2.05) is 24.3 Å². The maximum Gasteiger partial charge on any atom is 0.236 e. The van der Waals surface area contributed by atoms with Crippen molar-refractivity contribution in [3.63, 3.8) is 0 Å². The van der Waals surface area contributed by atoms with Crippen molar-refractivity contribution in [2.45, 2.75) is 39.2 Å². The molecule has 0 unspecified atom stereocenters. The van der Waals surface area contributed by atoms with Crippen molar-refractivity contribution in [1.29, 1.82) is 0 Å². The molecule has 124 valence electrons. The summed E-state index contributed by atoms with van der Waals surface area (Å²) in [6, 6.07) is 7.98. The number of hydrogen-bond donors (Lipinski definition) is 1. The highest BCUT2D eigenvalue weighted by Gasteiger charge is 2.15. The Bertz CT molecular complexity index is 573. The maximum atomic E-state index is 11.1. The van der Waals surface area contributed by atoms with E-state index < -0.39 is 0 Å². The summed E-state index contributed by atoms with van der Waals surface area (Å²) in [6.45, 7) is 3.57. The van der Waals surface area contributed by atoms with Gasteiger partial charge in [-0.3, -0.25) is 4.79 Å². The van der Waals surface area contributed by atoms with Crippen LogP contribution < -0.4 is 5.32 Å². The lowest BCUT2D eigenvalue weighted by molar-refractivity contribution is -0.116. The van der Waals surface area contributed by atoms with Gasteiger partial charge in [0.2, 0.25) is 5.91 Å². The van der Waals surface area contributed by atoms with Crippen LogP contribution in [-0.4, -0.2) is 29.6 Å². The number of carbonyl (C=O) groups excluding carboxylic acids is 1. The van der Waals surface area contributed by atoms with Crippen LogP contribution in [0.15, 0.2) is 34.5 Å². The zero-order valence-corrected chi connectivity index (χ0v) is 14.3. The summed E-state index contributed by atoms with van der Waals surface area (Å²) in [5, 5.41) is 11.3. The molecule has 6 heteroatoms. The van der Waals surface area contributed by atoms with E-state index in [9.17, 15) is 4.79 Å². The van der Waals surface area contributed by atoms with Gasteiger partial charge in [-0.25, -0.2) is 0 Å². The standard InChI is InChI=1S/C17H23N3O2S/c1-2-3-4-7-10-22-12-15-9-6-5-8-14(15)11-18-20-17-19-16(21)13-23-17/h5-6,8-9,11H,2-4,7,10,12-13H2,1H3,(H,19,20,21). The van der Waals surface area contributed by atoms with Gasteiger partial charge >= 0.3 is 0 Å². The van der Waals surface area contributed by atoms with Gasteiger partial charge in [-0.15, -0.1) is 5.10 Å². The molecule has 0 aromatic heterocycles. The van der Waals surface area contributed by atoms with E-state index in [0.717, 1.165) is 24.2 Å². The van der Waals surface area contributed by atoms with Crippen molar-refractivity contribution in [3.8, 4) is 0 Å². The van der Waals surface area contributed by atoms with Crippen LogP contribution in [0, 0.1) is 0 Å². The number of benzene rings is 1. The quantitative estimate of drug-likeness (QED) is 0.428. The molecule has 1 aliphatic heterocycles. The lowest BCUT2D eigenvalue weighted by Gasteiger charge is -2.07. The maximum absolute atomic E-state index is 11.1. The van der Waals surface area contributed by atoms with Crippen molar-refractivity contribution >= 4 is 29.1 Å². The molecule has 0 spiro atoms. The van der Waals surface area contributed by atoms with Gasteiger partial charge < -0.3 is 10.1 Å². The largest absolute Gasteiger partial charge is 0.377 e. The summed E-state index contributed by atoms with van der Waals surface area (Å²) in [7, 11) is 0. The zero-order chi connectivity index (χ0) is 16.3. The predicted molar refractivity (Wildman–Crippen MR) is 95.9 cm³/mol. The van der Waals surface area contributed by atoms with E-state index >= 15 is 0 Å². The topological polar surface area (TPSA) is 63.1 Å². The third kappa shape index (κ3) is 6.54. The molecule has 1 saturated heterocycles. The van der Waals surface area contributed by atoms with Crippen LogP contribution in [0.2, 0.25) is 0 Å². The van der Waals surface area contributed by atoms with Gasteiger partial charge in [-0.05, 0) is 12.0 Å². The molecule has 1 aromatic rings. The smallest absolute Gasteiger partial charge is 0.236 e. The van der Waals surface area contributed by atoms with E-state index in [1.54, 1.807) is 6.21 Å². The Morgan fingerprint density at radius 3 is 2.96 bits per heavy atom. The summed E-state index contributed by atoms with van der Waals surface area (Å²) in [6.07, 6.45) is 6.53. The third-order valence-electron chi connectivity index (χ3n) is 3.39. The summed E-state index contributed by atoms with van der Waals surface area (Å²) in [5.41, 5.74) is 2.08. The first-order valence-electron chi connectivity index (χ1n) is 7.99. The van der Waals surface area contributed by atoms with Crippen molar-refractivity contribution in [2.75, 3.05) is 12.4 Å². The molecule has 0 radical (unpaired) electrons. The summed E-state index contributed by atoms with van der Waals surface area (Å²) >= 11 is 1.36. The van der Waals surface area contributed by atoms with Crippen molar-refractivity contribution in [1.82, 2.24) is 5.32 Å². The van der Waals surface area contributed by atoms with Gasteiger partial charge in [0.05, 0.1) is 18.6 Å². The molecule has 1 aliphatic rings. The fraction of sp³-hybridized carbons (Fsp3) is 0.471. The second-order valence-electron chi connectivity index (χ2n) is 5.30. The van der Waals surface area contributed by atoms with Crippen LogP contribution in [0.25, 0.3) is 0 Å². The minimum Gasteiger partial charge on any atom is -0.377 e. The van der Waals surface area contributed by atoms with E-state index in [1.165, 1.54) is 31.0 Å². The van der Waals surface area contributed by atoms with Gasteiger partial charge in [0.15, 0.2) is 5.17 Å². The minimum absolute atomic E-state index is 0.0270. The van der Waals surface area contributed by atoms with E-state index in [4.69, 9.17) is 4.74 Å². The SMILES string of the molecule is CCCCCCOCc1ccccc1C=NN=C1NC(=O)CS1. The Hall–Kier alpha value is -1.66. The monoisotopic (exact) mass is 333 g/mol. The molecule has 2 rings (SSSR count). The molecule has 1 amide bonds. The Balaban J connectivity index is 1.83. The van der Waals surface area contributed by atoms with Crippen LogP contribution in [-0.2, 0) is 16.1 Å². The number of unbranched alkanes of at least 4 members (excludes halogenated alkanes) is 3. The number of ether oxygens (including phenoxy) is 1. The first-order chi connectivity index (χ1) is 11.3. The number of rotatable bonds is 9. The van der Waals surface area contributed by atoms with E-state index in [2.05, 4.69) is 22.4 Å². The van der Waals surface area contributed by atoms with Crippen LogP contribution in [0.5, 0.6) is 0 Å². The highest BCUT2D eigenvalue weighted by atomic mass is 32.2. The molecular formula is C17H23N3O2S. The molecule has 5 nitrogen and oxygen atoms in total. The van der Waals surface area contributed by atoms with Crippen LogP contribution in [0.1, 0.15) is 43.7 Å². The lowest BCUT2D eigenvalue weighted by Crippen LogP contribution is -2.19. The Morgan fingerprint density at radius 1 is 1.30 bits per heavy atom. The van der Waals surface area contributed by atoms with Crippen molar-refractivity contribution in [2.24, 2.45) is 10.2 Å². The minimum atomic E-state index is -0.0270. The number of carbonyl (C=O) groups is 1. The lowest BCUT2D eigenvalue weighted by atomic mass is 10.1. The van der Waals surface area contributed by atoms with Crippen molar-refractivity contribution in [3.05, 3.63) is 35.4 Å². The number of thioether (sulfide) groups is 1. The fourth-order valence-electron chi connectivity index (χ4n) is 2.13. The summed E-state index contributed by atoms with van der Waals surface area (Å²) in [4.78, 5) is 11.1. The normalized spacial score (nSPS) is 16.4. The molecule has 0 aliphatic carbocycles. The van der Waals surface area contributed by atoms with Gasteiger partial charge in [-0.2, -0.15) is 5.10 Å². The highest BCUT2D eigenvalue weighted by Crippen LogP contribution is 2.11. The number of amidine groups is 1. The Kier molecular flexibility index (Phi) is 7.83. The number of amides is 1. The Morgan fingerprint density at radius 2 is 2.17 bits per heavy atom. The molecule has 0 bridgehead atoms. The summed E-state index contributed by atoms with van der Waals surface area (Å²) in [5.74, 6) is 0.386. The first-order valence-corrected chi connectivity index (χ1v) is 8.97. The van der Waals surface area contributed by atoms with Gasteiger partial charge in [-0.1, -0.05) is 62.2 Å². The zero-order valence-electron chi connectivity index (χ0n) is 13.5. The number of nitrogens with one attached hydrogen (secondary N) is 1. The molecule has 23 heavy (non-hydrogen) atoms. The molecule has 0 saturated carbocycles. The van der Waals surface area contributed by atoms with Gasteiger partial charge in [0, 0.05) is 12.2 Å². The fourth-order valence-corrected chi connectivity index (χ4v) is 2.76. The molecule has 1 N–H and O–H groups in total. The number of nitrogens with zero attached hydrogens (tertiary/aromatic N) is 2. The van der Waals surface area contributed by atoms with Gasteiger partial charge in [0.1, 0.15) is 0 Å². The molecule has 0 atom stereocenters. The average molecular weight is 333 g/mol. The van der Waals surface area contributed by atoms with E-state index in [0.29, 0.717) is 17.5 Å². The van der Waals surface area contributed by atoms with Crippen LogP contribution in [0.4, 0.5) is 0 Å². The highest BCUT2D eigenvalue weighted by molar-refractivity contribution is 8.15. The van der Waals surface area contributed by atoms with Crippen LogP contribution >= 0.6 is 11.8 Å². The molecular weight excluding hydrogens is 310 g/mol. The average Bonchev–Trinajstić information content (AvgIpc) is 2.97. The predicted octanol–water partition coefficient (Wildman–Crippen LogP) is 3.34. The van der Waals surface area contributed by atoms with Crippen LogP contribution in [0.3, 0.4) is 0 Å². The number of hydrogen-bond acceptors (Lipinski definition) is 5. The third-order valence-corrected chi connectivity index (χ3v) is 4.25. The van der Waals surface area contributed by atoms with Crippen molar-refractivity contribution < 1.29 is 9.53 Å². The second kappa shape index (κ2) is 10.2. The van der Waals surface area contributed by atoms with E-state index in [-0.39, 0.29) is 5.91 Å². The Labute approximate surface area is 141 Å². The van der Waals surface area contributed by atoms with Gasteiger partial charge in [0.25, 0.3) is 0 Å². The molecule has 1 aromatic carbocycles. The molecule has 1 fully saturated rings. The summed E-state index contributed by atoms with van der Waals surface area (Å²) < 4.78 is 5.74.